The van der Waals surface area contributed by atoms with Crippen LogP contribution in [0.2, 0.25) is 0 Å². The molecule has 1 aromatic heterocycles. The molecule has 4 rings (SSSR count). The summed E-state index contributed by atoms with van der Waals surface area (Å²) in [5.74, 6) is -1.01. The largest absolute Gasteiger partial charge is 0.378 e. The fourth-order valence-electron chi connectivity index (χ4n) is 3.40. The minimum atomic E-state index is -0.572. The predicted molar refractivity (Wildman–Crippen MR) is 118 cm³/mol. The lowest BCUT2D eigenvalue weighted by Crippen LogP contribution is -2.38. The summed E-state index contributed by atoms with van der Waals surface area (Å²) in [6, 6.07) is 11.1. The quantitative estimate of drug-likeness (QED) is 0.405. The van der Waals surface area contributed by atoms with Gasteiger partial charge in [0.2, 0.25) is 5.91 Å². The van der Waals surface area contributed by atoms with E-state index in [1.165, 1.54) is 18.5 Å². The van der Waals surface area contributed by atoms with E-state index in [1.807, 2.05) is 4.90 Å². The fourth-order valence-corrected chi connectivity index (χ4v) is 3.40. The van der Waals surface area contributed by atoms with Gasteiger partial charge in [-0.1, -0.05) is 0 Å². The van der Waals surface area contributed by atoms with E-state index in [0.717, 1.165) is 5.69 Å². The second kappa shape index (κ2) is 9.87. The zero-order chi connectivity index (χ0) is 23.2. The summed E-state index contributed by atoms with van der Waals surface area (Å²) in [5.41, 5.74) is 1.82. The molecule has 0 bridgehead atoms. The number of nitrogens with one attached hydrogen (secondary N) is 2. The molecule has 2 heterocycles. The van der Waals surface area contributed by atoms with Gasteiger partial charge in [0, 0.05) is 30.9 Å². The van der Waals surface area contributed by atoms with Gasteiger partial charge in [-0.3, -0.25) is 19.7 Å². The van der Waals surface area contributed by atoms with Crippen molar-refractivity contribution in [1.29, 1.82) is 0 Å². The smallest absolute Gasteiger partial charge is 0.270 e. The van der Waals surface area contributed by atoms with Gasteiger partial charge in [-0.05, 0) is 30.3 Å². The molecule has 3 aromatic rings. The van der Waals surface area contributed by atoms with Crippen molar-refractivity contribution in [3.63, 3.8) is 0 Å². The Morgan fingerprint density at radius 3 is 2.55 bits per heavy atom. The highest BCUT2D eigenvalue weighted by Gasteiger charge is 2.22. The van der Waals surface area contributed by atoms with E-state index in [0.29, 0.717) is 37.7 Å². The Morgan fingerprint density at radius 2 is 1.88 bits per heavy atom. The van der Waals surface area contributed by atoms with Crippen LogP contribution in [0, 0.1) is 10.1 Å². The number of morpholine rings is 1. The number of ether oxygens (including phenoxy) is 1. The molecular weight excluding hydrogens is 430 g/mol. The maximum Gasteiger partial charge on any atom is 0.270 e. The van der Waals surface area contributed by atoms with Crippen molar-refractivity contribution in [2.45, 2.75) is 0 Å². The number of aromatic nitrogens is 3. The normalized spacial score (nSPS) is 13.4. The molecule has 1 saturated heterocycles. The number of hydrogen-bond donors (Lipinski definition) is 2. The molecule has 170 valence electrons. The van der Waals surface area contributed by atoms with Gasteiger partial charge in [0.25, 0.3) is 11.6 Å². The van der Waals surface area contributed by atoms with Crippen LogP contribution in [-0.4, -0.2) is 64.4 Å². The molecule has 0 atom stereocenters. The summed E-state index contributed by atoms with van der Waals surface area (Å²) >= 11 is 0. The van der Waals surface area contributed by atoms with Crippen LogP contribution < -0.4 is 15.5 Å². The van der Waals surface area contributed by atoms with Gasteiger partial charge in [-0.2, -0.15) is 5.10 Å². The number of nitro benzene ring substituents is 1. The number of hydrogen-bond acceptors (Lipinski definition) is 8. The first-order chi connectivity index (χ1) is 16.0. The summed E-state index contributed by atoms with van der Waals surface area (Å²) in [6.07, 6.45) is 2.98. The van der Waals surface area contributed by atoms with E-state index in [4.69, 9.17) is 4.74 Å². The predicted octanol–water partition coefficient (Wildman–Crippen LogP) is 1.38. The molecule has 12 heteroatoms. The maximum atomic E-state index is 12.8. The average molecular weight is 451 g/mol. The minimum Gasteiger partial charge on any atom is -0.378 e. The zero-order valence-corrected chi connectivity index (χ0v) is 17.5. The first-order valence-electron chi connectivity index (χ1n) is 10.2. The van der Waals surface area contributed by atoms with E-state index >= 15 is 0 Å². The molecule has 0 aliphatic carbocycles. The van der Waals surface area contributed by atoms with Crippen LogP contribution in [0.25, 0.3) is 5.69 Å². The van der Waals surface area contributed by atoms with E-state index in [-0.39, 0.29) is 17.8 Å². The van der Waals surface area contributed by atoms with Crippen molar-refractivity contribution in [2.24, 2.45) is 0 Å². The Labute approximate surface area is 188 Å². The van der Waals surface area contributed by atoms with Crippen LogP contribution in [0.3, 0.4) is 0 Å². The SMILES string of the molecule is O=C(CNC(=O)c1cc([N+](=O)[O-])ccc1N1CCOCC1)Nc1ccc(-n2cncn2)cc1. The van der Waals surface area contributed by atoms with Crippen LogP contribution >= 0.6 is 0 Å². The fraction of sp³-hybridized carbons (Fsp3) is 0.238. The third-order valence-corrected chi connectivity index (χ3v) is 5.03. The summed E-state index contributed by atoms with van der Waals surface area (Å²) in [6.45, 7) is 1.81. The van der Waals surface area contributed by atoms with Crippen LogP contribution in [0.5, 0.6) is 0 Å². The van der Waals surface area contributed by atoms with Gasteiger partial charge in [-0.15, -0.1) is 0 Å². The lowest BCUT2D eigenvalue weighted by molar-refractivity contribution is -0.384. The van der Waals surface area contributed by atoms with Gasteiger partial charge < -0.3 is 20.3 Å². The number of nitrogens with zero attached hydrogens (tertiary/aromatic N) is 5. The first-order valence-corrected chi connectivity index (χ1v) is 10.2. The third kappa shape index (κ3) is 5.30. The van der Waals surface area contributed by atoms with Crippen molar-refractivity contribution >= 4 is 28.9 Å². The standard InChI is InChI=1S/C21H21N7O5/c29-20(25-15-1-3-16(4-2-15)27-14-22-13-24-27)12-23-21(30)18-11-17(28(31)32)5-6-19(18)26-7-9-33-10-8-26/h1-6,11,13-14H,7-10,12H2,(H,23,30)(H,25,29). The monoisotopic (exact) mass is 451 g/mol. The van der Waals surface area contributed by atoms with Crippen molar-refractivity contribution < 1.29 is 19.2 Å². The number of nitro groups is 1. The van der Waals surface area contributed by atoms with Crippen LogP contribution in [0.1, 0.15) is 10.4 Å². The van der Waals surface area contributed by atoms with Crippen molar-refractivity contribution in [3.8, 4) is 5.69 Å². The van der Waals surface area contributed by atoms with Crippen molar-refractivity contribution in [3.05, 3.63) is 70.8 Å². The highest BCUT2D eigenvalue weighted by molar-refractivity contribution is 6.03. The number of carbonyl (C=O) groups excluding carboxylic acids is 2. The van der Waals surface area contributed by atoms with Crippen molar-refractivity contribution in [2.75, 3.05) is 43.1 Å². The number of benzene rings is 2. The maximum absolute atomic E-state index is 12.8. The molecular formula is C21H21N7O5. The highest BCUT2D eigenvalue weighted by atomic mass is 16.6. The Hall–Kier alpha value is -4.32. The van der Waals surface area contributed by atoms with Crippen LogP contribution in [-0.2, 0) is 9.53 Å². The number of amides is 2. The summed E-state index contributed by atoms with van der Waals surface area (Å²) in [4.78, 5) is 41.6. The summed E-state index contributed by atoms with van der Waals surface area (Å²) in [5, 5.41) is 20.5. The first kappa shape index (κ1) is 21.9. The van der Waals surface area contributed by atoms with E-state index < -0.39 is 16.7 Å². The molecule has 0 radical (unpaired) electrons. The molecule has 2 aromatic carbocycles. The zero-order valence-electron chi connectivity index (χ0n) is 17.5. The molecule has 0 saturated carbocycles. The molecule has 33 heavy (non-hydrogen) atoms. The van der Waals surface area contributed by atoms with Gasteiger partial charge in [0.1, 0.15) is 12.7 Å². The Kier molecular flexibility index (Phi) is 6.55. The van der Waals surface area contributed by atoms with Gasteiger partial charge in [0.15, 0.2) is 0 Å². The van der Waals surface area contributed by atoms with Crippen molar-refractivity contribution in [1.82, 2.24) is 20.1 Å². The van der Waals surface area contributed by atoms with E-state index in [2.05, 4.69) is 20.7 Å². The molecule has 1 aliphatic rings. The second-order valence-corrected chi connectivity index (χ2v) is 7.18. The molecule has 0 unspecified atom stereocenters. The highest BCUT2D eigenvalue weighted by Crippen LogP contribution is 2.26. The van der Waals surface area contributed by atoms with Crippen LogP contribution in [0.15, 0.2) is 55.1 Å². The van der Waals surface area contributed by atoms with Gasteiger partial charge >= 0.3 is 0 Å². The Balaban J connectivity index is 1.40. The van der Waals surface area contributed by atoms with E-state index in [1.54, 1.807) is 41.3 Å². The Morgan fingerprint density at radius 1 is 1.12 bits per heavy atom. The number of non-ortho nitro benzene ring substituents is 1. The average Bonchev–Trinajstić information content (AvgIpc) is 3.38. The topological polar surface area (TPSA) is 145 Å². The molecule has 12 nitrogen and oxygen atoms in total. The number of carbonyl (C=O) groups is 2. The minimum absolute atomic E-state index is 0.135. The number of rotatable bonds is 7. The third-order valence-electron chi connectivity index (χ3n) is 5.03. The Bertz CT molecular complexity index is 1140. The summed E-state index contributed by atoms with van der Waals surface area (Å²) in [7, 11) is 0. The lowest BCUT2D eigenvalue weighted by Gasteiger charge is -2.30. The van der Waals surface area contributed by atoms with Crippen LogP contribution in [0.4, 0.5) is 17.1 Å². The molecule has 1 aliphatic heterocycles. The van der Waals surface area contributed by atoms with Gasteiger partial charge in [-0.25, -0.2) is 9.67 Å². The molecule has 1 fully saturated rings. The van der Waals surface area contributed by atoms with Gasteiger partial charge in [0.05, 0.1) is 41.6 Å². The molecule has 2 N–H and O–H groups in total. The second-order valence-electron chi connectivity index (χ2n) is 7.18. The number of anilines is 2. The molecule has 0 spiro atoms. The van der Waals surface area contributed by atoms with E-state index in [9.17, 15) is 19.7 Å². The lowest BCUT2D eigenvalue weighted by atomic mass is 10.1. The summed E-state index contributed by atoms with van der Waals surface area (Å²) < 4.78 is 6.92. The molecule has 2 amide bonds.